The van der Waals surface area contributed by atoms with Gasteiger partial charge < -0.3 is 10.2 Å². The van der Waals surface area contributed by atoms with Crippen molar-refractivity contribution >= 4 is 0 Å². The van der Waals surface area contributed by atoms with Crippen LogP contribution in [0.3, 0.4) is 0 Å². The maximum Gasteiger partial charge on any atom is 0.0903 e. The van der Waals surface area contributed by atoms with Gasteiger partial charge in [-0.2, -0.15) is 0 Å². The van der Waals surface area contributed by atoms with E-state index in [1.165, 1.54) is 0 Å². The molecule has 0 aromatic rings. The van der Waals surface area contributed by atoms with Crippen molar-refractivity contribution in [1.29, 1.82) is 0 Å². The Morgan fingerprint density at radius 1 is 1.33 bits per heavy atom. The molecule has 0 radical (unpaired) electrons. The van der Waals surface area contributed by atoms with Gasteiger partial charge in [0.25, 0.3) is 0 Å². The molecule has 2 N–H and O–H groups in total. The standard InChI is InChI=1S/C10H20O2/c1-8-6-9(2,3)4-5-10(8,12)7-11/h8,11-12H,4-7H2,1-3H3. The maximum absolute atomic E-state index is 9.93. The zero-order chi connectivity index (χ0) is 9.41. The van der Waals surface area contributed by atoms with E-state index in [0.717, 1.165) is 19.3 Å². The molecular formula is C10H20O2. The third kappa shape index (κ3) is 1.80. The van der Waals surface area contributed by atoms with Gasteiger partial charge in [-0.25, -0.2) is 0 Å². The lowest BCUT2D eigenvalue weighted by atomic mass is 9.66. The molecule has 0 aromatic carbocycles. The summed E-state index contributed by atoms with van der Waals surface area (Å²) in [6.45, 7) is 6.38. The molecule has 0 aromatic heterocycles. The highest BCUT2D eigenvalue weighted by molar-refractivity contribution is 4.93. The molecule has 0 amide bonds. The van der Waals surface area contributed by atoms with Gasteiger partial charge in [0.05, 0.1) is 12.2 Å². The highest BCUT2D eigenvalue weighted by atomic mass is 16.3. The van der Waals surface area contributed by atoms with Gasteiger partial charge >= 0.3 is 0 Å². The number of rotatable bonds is 1. The van der Waals surface area contributed by atoms with Gasteiger partial charge in [0, 0.05) is 0 Å². The maximum atomic E-state index is 9.93. The summed E-state index contributed by atoms with van der Waals surface area (Å²) in [4.78, 5) is 0. The van der Waals surface area contributed by atoms with Crippen molar-refractivity contribution in [1.82, 2.24) is 0 Å². The van der Waals surface area contributed by atoms with Crippen LogP contribution in [0.5, 0.6) is 0 Å². The number of hydrogen-bond donors (Lipinski definition) is 2. The summed E-state index contributed by atoms with van der Waals surface area (Å²) < 4.78 is 0. The van der Waals surface area contributed by atoms with Gasteiger partial charge in [-0.1, -0.05) is 20.8 Å². The van der Waals surface area contributed by atoms with E-state index in [1.807, 2.05) is 6.92 Å². The molecule has 0 saturated heterocycles. The van der Waals surface area contributed by atoms with Crippen LogP contribution in [0.2, 0.25) is 0 Å². The van der Waals surface area contributed by atoms with E-state index in [4.69, 9.17) is 5.11 Å². The lowest BCUT2D eigenvalue weighted by molar-refractivity contribution is -0.102. The summed E-state index contributed by atoms with van der Waals surface area (Å²) >= 11 is 0. The summed E-state index contributed by atoms with van der Waals surface area (Å²) in [6.07, 6.45) is 2.75. The van der Waals surface area contributed by atoms with Crippen molar-refractivity contribution in [3.05, 3.63) is 0 Å². The topological polar surface area (TPSA) is 40.5 Å². The third-order valence-electron chi connectivity index (χ3n) is 3.28. The largest absolute Gasteiger partial charge is 0.393 e. The van der Waals surface area contributed by atoms with Crippen LogP contribution < -0.4 is 0 Å². The first-order chi connectivity index (χ1) is 5.40. The van der Waals surface area contributed by atoms with E-state index in [9.17, 15) is 5.11 Å². The van der Waals surface area contributed by atoms with Crippen LogP contribution in [0.4, 0.5) is 0 Å². The van der Waals surface area contributed by atoms with Crippen LogP contribution in [0, 0.1) is 11.3 Å². The molecule has 2 unspecified atom stereocenters. The van der Waals surface area contributed by atoms with Gasteiger partial charge in [-0.05, 0) is 30.6 Å². The van der Waals surface area contributed by atoms with Gasteiger partial charge in [0.15, 0.2) is 0 Å². The van der Waals surface area contributed by atoms with Crippen molar-refractivity contribution < 1.29 is 10.2 Å². The van der Waals surface area contributed by atoms with Crippen LogP contribution >= 0.6 is 0 Å². The minimum absolute atomic E-state index is 0.0930. The molecule has 12 heavy (non-hydrogen) atoms. The summed E-state index contributed by atoms with van der Waals surface area (Å²) in [6, 6.07) is 0. The van der Waals surface area contributed by atoms with Crippen molar-refractivity contribution in [3.8, 4) is 0 Å². The highest BCUT2D eigenvalue weighted by Gasteiger charge is 2.41. The van der Waals surface area contributed by atoms with E-state index in [1.54, 1.807) is 0 Å². The van der Waals surface area contributed by atoms with Crippen molar-refractivity contribution in [2.75, 3.05) is 6.61 Å². The molecule has 72 valence electrons. The Bertz CT molecular complexity index is 165. The van der Waals surface area contributed by atoms with Gasteiger partial charge in [-0.15, -0.1) is 0 Å². The fraction of sp³-hybridized carbons (Fsp3) is 1.00. The average Bonchev–Trinajstić information content (AvgIpc) is 1.97. The van der Waals surface area contributed by atoms with Crippen LogP contribution in [0.25, 0.3) is 0 Å². The van der Waals surface area contributed by atoms with E-state index < -0.39 is 5.60 Å². The molecule has 2 atom stereocenters. The Labute approximate surface area is 74.6 Å². The fourth-order valence-corrected chi connectivity index (χ4v) is 2.16. The smallest absolute Gasteiger partial charge is 0.0903 e. The predicted molar refractivity (Wildman–Crippen MR) is 48.8 cm³/mol. The Morgan fingerprint density at radius 2 is 1.92 bits per heavy atom. The van der Waals surface area contributed by atoms with Gasteiger partial charge in [-0.3, -0.25) is 0 Å². The Morgan fingerprint density at radius 3 is 2.33 bits per heavy atom. The molecule has 0 bridgehead atoms. The summed E-state index contributed by atoms with van der Waals surface area (Å²) in [7, 11) is 0. The molecule has 1 rings (SSSR count). The second-order valence-corrected chi connectivity index (χ2v) is 5.03. The minimum Gasteiger partial charge on any atom is -0.393 e. The van der Waals surface area contributed by atoms with E-state index in [2.05, 4.69) is 13.8 Å². The second-order valence-electron chi connectivity index (χ2n) is 5.03. The van der Waals surface area contributed by atoms with Crippen LogP contribution in [-0.4, -0.2) is 22.4 Å². The van der Waals surface area contributed by atoms with Gasteiger partial charge in [0.1, 0.15) is 0 Å². The number of hydrogen-bond acceptors (Lipinski definition) is 2. The van der Waals surface area contributed by atoms with E-state index in [0.29, 0.717) is 5.41 Å². The molecule has 1 saturated carbocycles. The first kappa shape index (κ1) is 10.0. The molecular weight excluding hydrogens is 152 g/mol. The first-order valence-electron chi connectivity index (χ1n) is 4.73. The van der Waals surface area contributed by atoms with Crippen LogP contribution in [-0.2, 0) is 0 Å². The Balaban J connectivity index is 2.65. The molecule has 2 heteroatoms. The number of aliphatic hydroxyl groups is 2. The normalized spacial score (nSPS) is 41.2. The van der Waals surface area contributed by atoms with Crippen molar-refractivity contribution in [2.45, 2.75) is 45.6 Å². The molecule has 1 aliphatic rings. The molecule has 1 fully saturated rings. The zero-order valence-electron chi connectivity index (χ0n) is 8.30. The monoisotopic (exact) mass is 172 g/mol. The minimum atomic E-state index is -0.810. The third-order valence-corrected chi connectivity index (χ3v) is 3.28. The molecule has 0 heterocycles. The van der Waals surface area contributed by atoms with E-state index >= 15 is 0 Å². The lowest BCUT2D eigenvalue weighted by Gasteiger charge is -2.44. The lowest BCUT2D eigenvalue weighted by Crippen LogP contribution is -2.46. The van der Waals surface area contributed by atoms with E-state index in [-0.39, 0.29) is 12.5 Å². The fourth-order valence-electron chi connectivity index (χ4n) is 2.16. The molecule has 0 aliphatic heterocycles. The Kier molecular flexibility index (Phi) is 2.50. The van der Waals surface area contributed by atoms with Crippen molar-refractivity contribution in [3.63, 3.8) is 0 Å². The number of aliphatic hydroxyl groups excluding tert-OH is 1. The molecule has 0 spiro atoms. The second kappa shape index (κ2) is 3.00. The molecule has 1 aliphatic carbocycles. The first-order valence-corrected chi connectivity index (χ1v) is 4.73. The van der Waals surface area contributed by atoms with Crippen molar-refractivity contribution in [2.24, 2.45) is 11.3 Å². The quantitative estimate of drug-likeness (QED) is 0.630. The SMILES string of the molecule is CC1CC(C)(C)CCC1(O)CO. The highest BCUT2D eigenvalue weighted by Crippen LogP contribution is 2.43. The average molecular weight is 172 g/mol. The van der Waals surface area contributed by atoms with Crippen LogP contribution in [0.15, 0.2) is 0 Å². The van der Waals surface area contributed by atoms with Crippen LogP contribution in [0.1, 0.15) is 40.0 Å². The predicted octanol–water partition coefficient (Wildman–Crippen LogP) is 1.56. The summed E-state index contributed by atoms with van der Waals surface area (Å²) in [5.74, 6) is 0.214. The van der Waals surface area contributed by atoms with Gasteiger partial charge in [0.2, 0.25) is 0 Å². The molecule has 2 nitrogen and oxygen atoms in total. The summed E-state index contributed by atoms with van der Waals surface area (Å²) in [5, 5.41) is 19.0. The zero-order valence-corrected chi connectivity index (χ0v) is 8.30. The summed E-state index contributed by atoms with van der Waals surface area (Å²) in [5.41, 5.74) is -0.476. The Hall–Kier alpha value is -0.0800.